The summed E-state index contributed by atoms with van der Waals surface area (Å²) >= 11 is 0. The van der Waals surface area contributed by atoms with Gasteiger partial charge in [-0.2, -0.15) is 5.10 Å². The average molecular weight is 371 g/mol. The molecule has 0 aliphatic heterocycles. The fraction of sp³-hybridized carbons (Fsp3) is 0.450. The number of amides is 2. The van der Waals surface area contributed by atoms with Gasteiger partial charge in [-0.05, 0) is 45.4 Å². The summed E-state index contributed by atoms with van der Waals surface area (Å²) in [6.07, 6.45) is 0.857. The van der Waals surface area contributed by atoms with E-state index in [-0.39, 0.29) is 24.9 Å². The van der Waals surface area contributed by atoms with E-state index in [9.17, 15) is 9.59 Å². The Morgan fingerprint density at radius 1 is 1.07 bits per heavy atom. The molecule has 0 saturated carbocycles. The molecular formula is C20H29N5O2. The Hall–Kier alpha value is -2.67. The van der Waals surface area contributed by atoms with Crippen molar-refractivity contribution in [3.05, 3.63) is 41.2 Å². The Labute approximate surface area is 160 Å². The van der Waals surface area contributed by atoms with Crippen LogP contribution in [0.3, 0.4) is 0 Å². The lowest BCUT2D eigenvalue weighted by atomic mass is 10.2. The monoisotopic (exact) mass is 371 g/mol. The highest BCUT2D eigenvalue weighted by atomic mass is 16.2. The summed E-state index contributed by atoms with van der Waals surface area (Å²) in [7, 11) is 1.84. The molecule has 0 aliphatic carbocycles. The molecule has 0 bridgehead atoms. The first kappa shape index (κ1) is 20.6. The number of carbonyl (C=O) groups excluding carboxylic acids is 2. The standard InChI is InChI=1S/C20H29N5O2/c1-6-11-25(12-18(26)21-17-10-8-7-9-14(17)2)13-19(27)22-20-15(3)23-24(5)16(20)4/h7-10H,6,11-13H2,1-5H3,(H,21,26)(H,22,27). The van der Waals surface area contributed by atoms with Crippen LogP contribution in [0.4, 0.5) is 11.4 Å². The molecule has 0 radical (unpaired) electrons. The van der Waals surface area contributed by atoms with Crippen LogP contribution in [-0.2, 0) is 16.6 Å². The van der Waals surface area contributed by atoms with Crippen molar-refractivity contribution < 1.29 is 9.59 Å². The number of benzene rings is 1. The number of aryl methyl sites for hydroxylation is 3. The Balaban J connectivity index is 1.97. The molecule has 1 heterocycles. The molecule has 0 saturated heterocycles. The number of hydrogen-bond acceptors (Lipinski definition) is 4. The molecule has 146 valence electrons. The number of aromatic nitrogens is 2. The Morgan fingerprint density at radius 2 is 1.70 bits per heavy atom. The SMILES string of the molecule is CCCN(CC(=O)Nc1ccccc1C)CC(=O)Nc1c(C)nn(C)c1C. The second-order valence-corrected chi connectivity index (χ2v) is 6.79. The van der Waals surface area contributed by atoms with Gasteiger partial charge in [0.15, 0.2) is 0 Å². The van der Waals surface area contributed by atoms with Crippen LogP contribution in [0.1, 0.15) is 30.3 Å². The molecule has 27 heavy (non-hydrogen) atoms. The molecule has 2 amide bonds. The third-order valence-electron chi connectivity index (χ3n) is 4.47. The highest BCUT2D eigenvalue weighted by Crippen LogP contribution is 2.18. The molecule has 0 spiro atoms. The van der Waals surface area contributed by atoms with Gasteiger partial charge in [-0.1, -0.05) is 25.1 Å². The number of nitrogens with zero attached hydrogens (tertiary/aromatic N) is 3. The van der Waals surface area contributed by atoms with E-state index in [1.54, 1.807) is 4.68 Å². The Kier molecular flexibility index (Phi) is 7.12. The van der Waals surface area contributed by atoms with Crippen molar-refractivity contribution in [2.24, 2.45) is 7.05 Å². The lowest BCUT2D eigenvalue weighted by molar-refractivity contribution is -0.120. The second kappa shape index (κ2) is 9.32. The minimum Gasteiger partial charge on any atom is -0.325 e. The summed E-state index contributed by atoms with van der Waals surface area (Å²) in [5.41, 5.74) is 4.23. The molecule has 2 N–H and O–H groups in total. The lowest BCUT2D eigenvalue weighted by Crippen LogP contribution is -2.39. The van der Waals surface area contributed by atoms with Gasteiger partial charge in [0.05, 0.1) is 30.2 Å². The molecule has 0 atom stereocenters. The van der Waals surface area contributed by atoms with Gasteiger partial charge in [0.2, 0.25) is 11.8 Å². The number of rotatable bonds is 8. The van der Waals surface area contributed by atoms with Crippen molar-refractivity contribution in [1.82, 2.24) is 14.7 Å². The third-order valence-corrected chi connectivity index (χ3v) is 4.47. The van der Waals surface area contributed by atoms with Crippen LogP contribution in [0, 0.1) is 20.8 Å². The molecule has 2 rings (SSSR count). The number of carbonyl (C=O) groups is 2. The van der Waals surface area contributed by atoms with Crippen molar-refractivity contribution in [3.8, 4) is 0 Å². The quantitative estimate of drug-likeness (QED) is 0.748. The van der Waals surface area contributed by atoms with E-state index in [0.717, 1.165) is 34.7 Å². The largest absolute Gasteiger partial charge is 0.325 e. The van der Waals surface area contributed by atoms with Crippen LogP contribution in [0.5, 0.6) is 0 Å². The van der Waals surface area contributed by atoms with Gasteiger partial charge in [0, 0.05) is 12.7 Å². The normalized spacial score (nSPS) is 10.9. The minimum absolute atomic E-state index is 0.126. The maximum atomic E-state index is 12.5. The van der Waals surface area contributed by atoms with Gasteiger partial charge in [-0.3, -0.25) is 19.2 Å². The van der Waals surface area contributed by atoms with E-state index in [1.165, 1.54) is 0 Å². The average Bonchev–Trinajstić information content (AvgIpc) is 2.83. The number of anilines is 2. The molecule has 7 nitrogen and oxygen atoms in total. The van der Waals surface area contributed by atoms with Gasteiger partial charge >= 0.3 is 0 Å². The van der Waals surface area contributed by atoms with Crippen LogP contribution in [0.2, 0.25) is 0 Å². The van der Waals surface area contributed by atoms with Crippen LogP contribution in [-0.4, -0.2) is 46.1 Å². The molecule has 1 aromatic heterocycles. The summed E-state index contributed by atoms with van der Waals surface area (Å²) < 4.78 is 1.74. The lowest BCUT2D eigenvalue weighted by Gasteiger charge is -2.21. The number of para-hydroxylation sites is 1. The third kappa shape index (κ3) is 5.65. The molecule has 0 unspecified atom stereocenters. The van der Waals surface area contributed by atoms with E-state index >= 15 is 0 Å². The van der Waals surface area contributed by atoms with Gasteiger partial charge in [0.1, 0.15) is 0 Å². The van der Waals surface area contributed by atoms with Gasteiger partial charge in [-0.25, -0.2) is 0 Å². The molecule has 2 aromatic rings. The van der Waals surface area contributed by atoms with Gasteiger partial charge in [-0.15, -0.1) is 0 Å². The smallest absolute Gasteiger partial charge is 0.238 e. The highest BCUT2D eigenvalue weighted by molar-refractivity contribution is 5.95. The Bertz CT molecular complexity index is 813. The molecule has 0 aliphatic rings. The first-order valence-electron chi connectivity index (χ1n) is 9.19. The second-order valence-electron chi connectivity index (χ2n) is 6.79. The number of nitrogens with one attached hydrogen (secondary N) is 2. The molecular weight excluding hydrogens is 342 g/mol. The van der Waals surface area contributed by atoms with Crippen LogP contribution in [0.25, 0.3) is 0 Å². The van der Waals surface area contributed by atoms with Crippen LogP contribution < -0.4 is 10.6 Å². The van der Waals surface area contributed by atoms with Crippen molar-refractivity contribution in [2.45, 2.75) is 34.1 Å². The van der Waals surface area contributed by atoms with Crippen molar-refractivity contribution in [3.63, 3.8) is 0 Å². The maximum Gasteiger partial charge on any atom is 0.238 e. The molecule has 0 fully saturated rings. The first-order valence-corrected chi connectivity index (χ1v) is 9.19. The predicted molar refractivity (Wildman–Crippen MR) is 108 cm³/mol. The minimum atomic E-state index is -0.147. The highest BCUT2D eigenvalue weighted by Gasteiger charge is 2.17. The fourth-order valence-corrected chi connectivity index (χ4v) is 2.97. The molecule has 7 heteroatoms. The van der Waals surface area contributed by atoms with E-state index in [2.05, 4.69) is 15.7 Å². The first-order chi connectivity index (χ1) is 12.8. The topological polar surface area (TPSA) is 79.3 Å². The summed E-state index contributed by atoms with van der Waals surface area (Å²) in [5, 5.41) is 10.1. The van der Waals surface area contributed by atoms with E-state index in [4.69, 9.17) is 0 Å². The predicted octanol–water partition coefficient (Wildman–Crippen LogP) is 2.63. The van der Waals surface area contributed by atoms with Crippen molar-refractivity contribution in [2.75, 3.05) is 30.3 Å². The van der Waals surface area contributed by atoms with Gasteiger partial charge in [0.25, 0.3) is 0 Å². The summed E-state index contributed by atoms with van der Waals surface area (Å²) in [4.78, 5) is 26.7. The number of hydrogen-bond donors (Lipinski definition) is 2. The van der Waals surface area contributed by atoms with Crippen LogP contribution >= 0.6 is 0 Å². The fourth-order valence-electron chi connectivity index (χ4n) is 2.97. The zero-order chi connectivity index (χ0) is 20.0. The zero-order valence-corrected chi connectivity index (χ0v) is 16.8. The summed E-state index contributed by atoms with van der Waals surface area (Å²) in [6, 6.07) is 7.64. The summed E-state index contributed by atoms with van der Waals surface area (Å²) in [6.45, 7) is 8.74. The van der Waals surface area contributed by atoms with E-state index < -0.39 is 0 Å². The molecule has 1 aromatic carbocycles. The van der Waals surface area contributed by atoms with Gasteiger partial charge < -0.3 is 10.6 Å². The maximum absolute atomic E-state index is 12.5. The summed E-state index contributed by atoms with van der Waals surface area (Å²) in [5.74, 6) is -0.273. The van der Waals surface area contributed by atoms with Crippen LogP contribution in [0.15, 0.2) is 24.3 Å². The van der Waals surface area contributed by atoms with E-state index in [1.807, 2.05) is 63.9 Å². The van der Waals surface area contributed by atoms with E-state index in [0.29, 0.717) is 6.54 Å². The zero-order valence-electron chi connectivity index (χ0n) is 16.8. The Morgan fingerprint density at radius 3 is 2.26 bits per heavy atom. The van der Waals surface area contributed by atoms with Crippen molar-refractivity contribution in [1.29, 1.82) is 0 Å². The van der Waals surface area contributed by atoms with Crippen molar-refractivity contribution >= 4 is 23.2 Å².